The van der Waals surface area contributed by atoms with Crippen molar-refractivity contribution in [2.75, 3.05) is 13.1 Å². The highest BCUT2D eigenvalue weighted by Crippen LogP contribution is 2.07. The minimum atomic E-state index is -0.114. The summed E-state index contributed by atoms with van der Waals surface area (Å²) in [5, 5.41) is 9.22. The zero-order chi connectivity index (χ0) is 13.7. The van der Waals surface area contributed by atoms with E-state index in [2.05, 4.69) is 20.9 Å². The minimum absolute atomic E-state index is 0.114. The Labute approximate surface area is 111 Å². The Bertz CT molecular complexity index is 656. The van der Waals surface area contributed by atoms with Gasteiger partial charge in [0.05, 0.1) is 23.5 Å². The molecule has 5 heteroatoms. The number of hydrogen-bond acceptors (Lipinski definition) is 4. The van der Waals surface area contributed by atoms with Crippen molar-refractivity contribution in [1.82, 2.24) is 14.9 Å². The first kappa shape index (κ1) is 13.2. The van der Waals surface area contributed by atoms with E-state index < -0.39 is 0 Å². The van der Waals surface area contributed by atoms with Crippen molar-refractivity contribution in [3.63, 3.8) is 0 Å². The molecule has 19 heavy (non-hydrogen) atoms. The molecule has 1 aromatic carbocycles. The third kappa shape index (κ3) is 3.18. The van der Waals surface area contributed by atoms with E-state index in [1.165, 1.54) is 0 Å². The monoisotopic (exact) mass is 256 g/mol. The Morgan fingerprint density at radius 2 is 2.21 bits per heavy atom. The van der Waals surface area contributed by atoms with Crippen LogP contribution in [-0.4, -0.2) is 28.0 Å². The molecule has 0 bridgehead atoms. The molecule has 0 saturated heterocycles. The van der Waals surface area contributed by atoms with Crippen molar-refractivity contribution in [3.05, 3.63) is 40.4 Å². The van der Waals surface area contributed by atoms with Gasteiger partial charge in [0.25, 0.3) is 5.56 Å². The summed E-state index contributed by atoms with van der Waals surface area (Å²) in [5.74, 6) is 0.642. The van der Waals surface area contributed by atoms with Crippen LogP contribution in [0.5, 0.6) is 0 Å². The fourth-order valence-electron chi connectivity index (χ4n) is 1.98. The van der Waals surface area contributed by atoms with E-state index in [9.17, 15) is 4.79 Å². The molecule has 0 atom stereocenters. The highest BCUT2D eigenvalue weighted by atomic mass is 16.1. The first-order chi connectivity index (χ1) is 9.24. The quantitative estimate of drug-likeness (QED) is 0.883. The maximum atomic E-state index is 11.9. The zero-order valence-corrected chi connectivity index (χ0v) is 10.9. The number of rotatable bonds is 5. The molecule has 0 fully saturated rings. The first-order valence-electron chi connectivity index (χ1n) is 6.32. The Hall–Kier alpha value is -2.19. The summed E-state index contributed by atoms with van der Waals surface area (Å²) in [7, 11) is 0. The molecule has 0 aliphatic rings. The number of nitrogens with one attached hydrogen (secondary N) is 1. The molecule has 2 aromatic rings. The number of para-hydroxylation sites is 1. The molecule has 0 aliphatic carbocycles. The lowest BCUT2D eigenvalue weighted by Gasteiger charge is -2.18. The summed E-state index contributed by atoms with van der Waals surface area (Å²) < 4.78 is 0. The predicted molar refractivity (Wildman–Crippen MR) is 73.5 cm³/mol. The Kier molecular flexibility index (Phi) is 4.26. The number of nitriles is 1. The minimum Gasteiger partial charge on any atom is -0.309 e. The smallest absolute Gasteiger partial charge is 0.258 e. The van der Waals surface area contributed by atoms with Crippen molar-refractivity contribution < 1.29 is 0 Å². The second-order valence-electron chi connectivity index (χ2n) is 4.31. The third-order valence-electron chi connectivity index (χ3n) is 3.02. The van der Waals surface area contributed by atoms with Crippen LogP contribution in [0.25, 0.3) is 10.9 Å². The van der Waals surface area contributed by atoms with E-state index in [0.717, 1.165) is 6.54 Å². The lowest BCUT2D eigenvalue weighted by Crippen LogP contribution is -2.26. The summed E-state index contributed by atoms with van der Waals surface area (Å²) in [5.41, 5.74) is 0.592. The molecule has 0 amide bonds. The van der Waals surface area contributed by atoms with E-state index in [4.69, 9.17) is 5.26 Å². The van der Waals surface area contributed by atoms with Gasteiger partial charge in [-0.15, -0.1) is 0 Å². The van der Waals surface area contributed by atoms with Crippen molar-refractivity contribution in [3.8, 4) is 6.07 Å². The van der Waals surface area contributed by atoms with Crippen molar-refractivity contribution in [2.45, 2.75) is 19.9 Å². The van der Waals surface area contributed by atoms with Crippen LogP contribution in [0.3, 0.4) is 0 Å². The van der Waals surface area contributed by atoms with E-state index in [0.29, 0.717) is 36.2 Å². The van der Waals surface area contributed by atoms with Crippen LogP contribution < -0.4 is 5.56 Å². The Balaban J connectivity index is 2.26. The SMILES string of the molecule is CCN(CCC#N)Cc1nc2ccccc2c(=O)[nH]1. The fourth-order valence-corrected chi connectivity index (χ4v) is 1.98. The summed E-state index contributed by atoms with van der Waals surface area (Å²) in [6, 6.07) is 9.41. The van der Waals surface area contributed by atoms with Gasteiger partial charge in [-0.25, -0.2) is 4.98 Å². The summed E-state index contributed by atoms with van der Waals surface area (Å²) in [6.07, 6.45) is 0.478. The number of aromatic nitrogens is 2. The molecular weight excluding hydrogens is 240 g/mol. The van der Waals surface area contributed by atoms with Crippen molar-refractivity contribution in [2.24, 2.45) is 0 Å². The standard InChI is InChI=1S/C14H16N4O/c1-2-18(9-5-8-15)10-13-16-12-7-4-3-6-11(12)14(19)17-13/h3-4,6-7H,2,5,9-10H2,1H3,(H,16,17,19). The molecule has 2 rings (SSSR count). The van der Waals surface area contributed by atoms with Crippen molar-refractivity contribution in [1.29, 1.82) is 5.26 Å². The summed E-state index contributed by atoms with van der Waals surface area (Å²) >= 11 is 0. The maximum Gasteiger partial charge on any atom is 0.258 e. The lowest BCUT2D eigenvalue weighted by atomic mass is 10.2. The molecule has 0 aliphatic heterocycles. The zero-order valence-electron chi connectivity index (χ0n) is 10.9. The molecule has 0 saturated carbocycles. The molecule has 1 aromatic heterocycles. The van der Waals surface area contributed by atoms with Crippen LogP contribution in [0.1, 0.15) is 19.2 Å². The summed E-state index contributed by atoms with van der Waals surface area (Å²) in [6.45, 7) is 4.08. The highest BCUT2D eigenvalue weighted by Gasteiger charge is 2.07. The van der Waals surface area contributed by atoms with E-state index in [-0.39, 0.29) is 5.56 Å². The largest absolute Gasteiger partial charge is 0.309 e. The number of fused-ring (bicyclic) bond motifs is 1. The predicted octanol–water partition coefficient (Wildman–Crippen LogP) is 1.66. The van der Waals surface area contributed by atoms with Gasteiger partial charge in [-0.05, 0) is 18.7 Å². The van der Waals surface area contributed by atoms with Crippen LogP contribution >= 0.6 is 0 Å². The number of nitrogens with zero attached hydrogens (tertiary/aromatic N) is 3. The van der Waals surface area contributed by atoms with Gasteiger partial charge >= 0.3 is 0 Å². The fraction of sp³-hybridized carbons (Fsp3) is 0.357. The molecule has 98 valence electrons. The topological polar surface area (TPSA) is 72.8 Å². The van der Waals surface area contributed by atoms with E-state index >= 15 is 0 Å². The third-order valence-corrected chi connectivity index (χ3v) is 3.02. The van der Waals surface area contributed by atoms with Gasteiger partial charge in [0, 0.05) is 13.0 Å². The van der Waals surface area contributed by atoms with Crippen LogP contribution in [-0.2, 0) is 6.54 Å². The number of benzene rings is 1. The van der Waals surface area contributed by atoms with Gasteiger partial charge in [-0.3, -0.25) is 9.69 Å². The highest BCUT2D eigenvalue weighted by molar-refractivity contribution is 5.77. The Morgan fingerprint density at radius 1 is 1.42 bits per heavy atom. The van der Waals surface area contributed by atoms with Gasteiger partial charge in [-0.1, -0.05) is 19.1 Å². The second kappa shape index (κ2) is 6.12. The van der Waals surface area contributed by atoms with Gasteiger partial charge < -0.3 is 4.98 Å². The average molecular weight is 256 g/mol. The first-order valence-corrected chi connectivity index (χ1v) is 6.32. The van der Waals surface area contributed by atoms with Gasteiger partial charge in [0.1, 0.15) is 5.82 Å². The van der Waals surface area contributed by atoms with Gasteiger partial charge in [-0.2, -0.15) is 5.26 Å². The molecule has 1 heterocycles. The molecule has 1 N–H and O–H groups in total. The van der Waals surface area contributed by atoms with Crippen LogP contribution in [0.15, 0.2) is 29.1 Å². The molecule has 5 nitrogen and oxygen atoms in total. The number of hydrogen-bond donors (Lipinski definition) is 1. The van der Waals surface area contributed by atoms with Gasteiger partial charge in [0.15, 0.2) is 0 Å². The number of aromatic amines is 1. The van der Waals surface area contributed by atoms with Crippen molar-refractivity contribution >= 4 is 10.9 Å². The number of H-pyrrole nitrogens is 1. The van der Waals surface area contributed by atoms with Crippen LogP contribution in [0.2, 0.25) is 0 Å². The Morgan fingerprint density at radius 3 is 2.95 bits per heavy atom. The molecular formula is C14H16N4O. The van der Waals surface area contributed by atoms with E-state index in [1.807, 2.05) is 25.1 Å². The normalized spacial score (nSPS) is 10.8. The van der Waals surface area contributed by atoms with Gasteiger partial charge in [0.2, 0.25) is 0 Å². The molecule has 0 spiro atoms. The molecule has 0 radical (unpaired) electrons. The second-order valence-corrected chi connectivity index (χ2v) is 4.31. The average Bonchev–Trinajstić information content (AvgIpc) is 2.43. The lowest BCUT2D eigenvalue weighted by molar-refractivity contribution is 0.279. The van der Waals surface area contributed by atoms with E-state index in [1.54, 1.807) is 6.07 Å². The summed E-state index contributed by atoms with van der Waals surface area (Å²) in [4.78, 5) is 21.2. The molecule has 0 unspecified atom stereocenters. The van der Waals surface area contributed by atoms with Crippen LogP contribution in [0, 0.1) is 11.3 Å². The van der Waals surface area contributed by atoms with Crippen LogP contribution in [0.4, 0.5) is 0 Å². The maximum absolute atomic E-state index is 11.9.